The van der Waals surface area contributed by atoms with Crippen LogP contribution in [0.4, 0.5) is 11.5 Å². The number of benzene rings is 7. The largest absolute Gasteiger partial charge is 0.0622 e. The van der Waals surface area contributed by atoms with Gasteiger partial charge in [-0.05, 0) is 104 Å². The molecule has 9 aromatic rings. The molecule has 0 spiro atoms. The van der Waals surface area contributed by atoms with Gasteiger partial charge < -0.3 is 15.4 Å². The predicted octanol–water partition coefficient (Wildman–Crippen LogP) is 11.1. The van der Waals surface area contributed by atoms with Gasteiger partial charge in [-0.25, -0.2) is 18.4 Å². The zero-order valence-corrected chi connectivity index (χ0v) is 45.8. The standard InChI is InChI=1S/C23H25N5O3S.2C18H15P.2ClH.Pd/c1-16-15-31-13-12-28(16)21-14-20(26-22(27-21)17-2-4-18(24)5-3-17)23(8-9-23)32(29,30)19-6-10-25-11-7-19;2*1-4-10-16(11-5-1)19(17-12-6-2-7-13-17)18-14-8-3-9-15-18;;;/h2-7,10-11,14,16H,8-9,12-13,15,24H2,1H3;2*1-15H;2*1H;/q;;;;;+2/p-2/t16-;;;;;/m0...../s1. The molecule has 1 saturated heterocycles. The molecule has 1 aliphatic carbocycles. The second-order valence-electron chi connectivity index (χ2n) is 17.1. The van der Waals surface area contributed by atoms with Crippen LogP contribution in [0.5, 0.6) is 0 Å². The first-order chi connectivity index (χ1) is 35.7. The Bertz CT molecular complexity index is 2880. The molecule has 0 amide bonds. The Hall–Kier alpha value is -5.62. The summed E-state index contributed by atoms with van der Waals surface area (Å²) in [6.45, 7) is 3.95. The van der Waals surface area contributed by atoms with E-state index in [1.807, 2.05) is 18.2 Å². The number of hydrogen-bond donors (Lipinski definition) is 1. The first kappa shape index (κ1) is 53.7. The first-order valence-corrected chi connectivity index (χ1v) is 31.9. The van der Waals surface area contributed by atoms with Crippen LogP contribution in [-0.4, -0.2) is 49.2 Å². The van der Waals surface area contributed by atoms with E-state index in [-0.39, 0.29) is 26.9 Å². The molecule has 374 valence electrons. The fourth-order valence-corrected chi connectivity index (χ4v) is 15.1. The Kier molecular flexibility index (Phi) is 19.5. The minimum Gasteiger partial charge on any atom is -0.0622 e. The van der Waals surface area contributed by atoms with E-state index >= 15 is 0 Å². The van der Waals surface area contributed by atoms with Crippen molar-refractivity contribution in [3.8, 4) is 11.4 Å². The van der Waals surface area contributed by atoms with Gasteiger partial charge in [-0.2, -0.15) is 0 Å². The van der Waals surface area contributed by atoms with Gasteiger partial charge in [0.15, 0.2) is 15.7 Å². The summed E-state index contributed by atoms with van der Waals surface area (Å²) in [6, 6.07) is 77.0. The Morgan fingerprint density at radius 1 is 0.589 bits per heavy atom. The van der Waals surface area contributed by atoms with Crippen LogP contribution in [0.3, 0.4) is 0 Å². The number of sulfone groups is 1. The van der Waals surface area contributed by atoms with Crippen molar-refractivity contribution in [1.29, 1.82) is 0 Å². The molecule has 0 bridgehead atoms. The van der Waals surface area contributed by atoms with E-state index in [2.05, 4.69) is 199 Å². The molecule has 1 aliphatic heterocycles. The molecule has 14 heteroatoms. The number of ether oxygens (including phenoxy) is 1. The number of anilines is 2. The van der Waals surface area contributed by atoms with Crippen LogP contribution < -0.4 is 42.5 Å². The van der Waals surface area contributed by atoms with Crippen molar-refractivity contribution in [1.82, 2.24) is 15.0 Å². The van der Waals surface area contributed by atoms with E-state index in [1.165, 1.54) is 44.2 Å². The van der Waals surface area contributed by atoms with Crippen molar-refractivity contribution in [3.05, 3.63) is 243 Å². The van der Waals surface area contributed by atoms with E-state index < -0.39 is 30.4 Å². The number of rotatable bonds is 11. The van der Waals surface area contributed by atoms with Crippen LogP contribution in [0.1, 0.15) is 25.5 Å². The van der Waals surface area contributed by atoms with Gasteiger partial charge in [0.1, 0.15) is 10.6 Å². The SMILES string of the molecule is C[C@H]1COCCN1c1cc(C2(S(=O)(=O)c3ccncc3)CC2)nc(-c2ccc(N)cc2)n1.[Cl][Pd][Cl].c1ccc(P(c2ccccc2)c2ccccc2)cc1.c1ccc(P(c2ccccc2)c2ccccc2)cc1. The molecule has 3 heterocycles. The molecule has 2 N–H and O–H groups in total. The van der Waals surface area contributed by atoms with Gasteiger partial charge in [-0.15, -0.1) is 0 Å². The molecule has 2 aromatic heterocycles. The van der Waals surface area contributed by atoms with Crippen molar-refractivity contribution in [2.24, 2.45) is 0 Å². The zero-order chi connectivity index (χ0) is 50.9. The second kappa shape index (κ2) is 26.6. The average molecular weight is 1150 g/mol. The Labute approximate surface area is 448 Å². The molecule has 2 aliphatic rings. The van der Waals surface area contributed by atoms with Crippen molar-refractivity contribution in [2.45, 2.75) is 35.4 Å². The van der Waals surface area contributed by atoms with Gasteiger partial charge in [0.25, 0.3) is 0 Å². The third-order valence-corrected chi connectivity index (χ3v) is 19.7. The first-order valence-electron chi connectivity index (χ1n) is 23.7. The van der Waals surface area contributed by atoms with Gasteiger partial charge in [0.05, 0.1) is 29.8 Å². The Balaban J connectivity index is 0.000000150. The van der Waals surface area contributed by atoms with Gasteiger partial charge in [0, 0.05) is 36.3 Å². The third-order valence-electron chi connectivity index (χ3n) is 12.3. The summed E-state index contributed by atoms with van der Waals surface area (Å²) in [5.41, 5.74) is 7.82. The van der Waals surface area contributed by atoms with Crippen LogP contribution in [-0.2, 0) is 35.3 Å². The summed E-state index contributed by atoms with van der Waals surface area (Å²) in [7, 11) is 5.10. The van der Waals surface area contributed by atoms with E-state index in [0.29, 0.717) is 55.6 Å². The second-order valence-corrected chi connectivity index (χ2v) is 26.1. The number of aromatic nitrogens is 3. The van der Waals surface area contributed by atoms with Gasteiger partial charge in [-0.1, -0.05) is 182 Å². The molecule has 1 atom stereocenters. The Morgan fingerprint density at radius 2 is 0.973 bits per heavy atom. The molecular weight excluding hydrogens is 1100 g/mol. The van der Waals surface area contributed by atoms with Gasteiger partial charge >= 0.3 is 35.0 Å². The summed E-state index contributed by atoms with van der Waals surface area (Å²) in [5.74, 6) is 1.21. The number of nitrogens with zero attached hydrogens (tertiary/aromatic N) is 4. The van der Waals surface area contributed by atoms with Gasteiger partial charge in [-0.3, -0.25) is 4.98 Å². The van der Waals surface area contributed by atoms with Crippen LogP contribution in [0.2, 0.25) is 0 Å². The summed E-state index contributed by atoms with van der Waals surface area (Å²) in [6.07, 6.45) is 4.05. The molecule has 8 nitrogen and oxygen atoms in total. The molecule has 2 fully saturated rings. The number of hydrogen-bond acceptors (Lipinski definition) is 8. The van der Waals surface area contributed by atoms with Crippen LogP contribution >= 0.6 is 34.9 Å². The maximum Gasteiger partial charge on any atom is -0.0134 e. The summed E-state index contributed by atoms with van der Waals surface area (Å²) >= 11 is -0.106. The predicted molar refractivity (Wildman–Crippen MR) is 304 cm³/mol. The quantitative estimate of drug-likeness (QED) is 0.0775. The van der Waals surface area contributed by atoms with Crippen molar-refractivity contribution >= 4 is 88.1 Å². The van der Waals surface area contributed by atoms with E-state index in [4.69, 9.17) is 39.5 Å². The monoisotopic (exact) mass is 1150 g/mol. The number of nitrogens with two attached hydrogens (primary N) is 1. The van der Waals surface area contributed by atoms with Crippen LogP contribution in [0.15, 0.2) is 242 Å². The number of nitrogen functional groups attached to an aromatic ring is 1. The zero-order valence-electron chi connectivity index (χ0n) is 40.1. The molecule has 7 aromatic carbocycles. The molecule has 0 unspecified atom stereocenters. The summed E-state index contributed by atoms with van der Waals surface area (Å²) in [5, 5.41) is 8.39. The minimum absolute atomic E-state index is 0.106. The van der Waals surface area contributed by atoms with Crippen molar-refractivity contribution in [3.63, 3.8) is 0 Å². The molecule has 11 rings (SSSR count). The van der Waals surface area contributed by atoms with E-state index in [0.717, 1.165) is 5.56 Å². The van der Waals surface area contributed by atoms with E-state index in [9.17, 15) is 8.42 Å². The molecule has 73 heavy (non-hydrogen) atoms. The maximum atomic E-state index is 13.6. The number of morpholine rings is 1. The molecule has 1 saturated carbocycles. The summed E-state index contributed by atoms with van der Waals surface area (Å²) < 4.78 is 31.8. The van der Waals surface area contributed by atoms with Crippen LogP contribution in [0.25, 0.3) is 11.4 Å². The Morgan fingerprint density at radius 3 is 1.33 bits per heavy atom. The average Bonchev–Trinajstić information content (AvgIpc) is 4.28. The fraction of sp³-hybridized carbons (Fsp3) is 0.136. The normalized spacial score (nSPS) is 14.6. The fourth-order valence-electron chi connectivity index (χ4n) is 8.52. The van der Waals surface area contributed by atoms with Crippen molar-refractivity contribution < 1.29 is 29.1 Å². The van der Waals surface area contributed by atoms with E-state index in [1.54, 1.807) is 24.3 Å². The third kappa shape index (κ3) is 13.8. The maximum absolute atomic E-state index is 13.6. The molecular formula is C59H55Cl2N5O3P2PdS. The minimum atomic E-state index is -3.64. The van der Waals surface area contributed by atoms with Crippen LogP contribution in [0, 0.1) is 0 Å². The topological polar surface area (TPSA) is 111 Å². The van der Waals surface area contributed by atoms with Gasteiger partial charge in [0.2, 0.25) is 0 Å². The number of pyridine rings is 1. The summed E-state index contributed by atoms with van der Waals surface area (Å²) in [4.78, 5) is 16.0. The smallest absolute Gasteiger partial charge is 0.0134 e. The van der Waals surface area contributed by atoms with Crippen molar-refractivity contribution in [2.75, 3.05) is 30.4 Å². The number of halogens is 2. The molecule has 0 radical (unpaired) electrons.